The van der Waals surface area contributed by atoms with Crippen molar-refractivity contribution in [3.8, 4) is 17.1 Å². The smallest absolute Gasteiger partial charge is 0.235 e. The summed E-state index contributed by atoms with van der Waals surface area (Å²) in [6, 6.07) is 12.7. The average molecular weight is 310 g/mol. The first-order chi connectivity index (χ1) is 11.0. The van der Waals surface area contributed by atoms with Crippen LogP contribution in [-0.4, -0.2) is 21.2 Å². The molecular formula is C18H18N2O3. The highest BCUT2D eigenvalue weighted by molar-refractivity contribution is 5.84. The van der Waals surface area contributed by atoms with Gasteiger partial charge in [-0.05, 0) is 42.5 Å². The number of nitrogens with two attached hydrogens (primary N) is 1. The Balaban J connectivity index is 2.24. The summed E-state index contributed by atoms with van der Waals surface area (Å²) < 4.78 is 11.2. The Morgan fingerprint density at radius 1 is 1.09 bits per heavy atom. The van der Waals surface area contributed by atoms with E-state index in [-0.39, 0.29) is 11.2 Å². The fourth-order valence-electron chi connectivity index (χ4n) is 2.48. The molecule has 2 aromatic carbocycles. The minimum atomic E-state index is -0.229. The van der Waals surface area contributed by atoms with Crippen LogP contribution in [0.5, 0.6) is 5.75 Å². The van der Waals surface area contributed by atoms with Gasteiger partial charge >= 0.3 is 0 Å². The van der Waals surface area contributed by atoms with Crippen molar-refractivity contribution in [3.63, 3.8) is 0 Å². The van der Waals surface area contributed by atoms with Gasteiger partial charge in [0.1, 0.15) is 5.58 Å². The molecule has 2 N–H and O–H groups in total. The fourth-order valence-corrected chi connectivity index (χ4v) is 2.48. The predicted octanol–water partition coefficient (Wildman–Crippen LogP) is 3.12. The van der Waals surface area contributed by atoms with Gasteiger partial charge in [0.15, 0.2) is 5.76 Å². The Labute approximate surface area is 133 Å². The average Bonchev–Trinajstić information content (AvgIpc) is 2.55. The van der Waals surface area contributed by atoms with Crippen LogP contribution in [-0.2, 0) is 0 Å². The number of hydrogen-bond acceptors (Lipinski definition) is 5. The lowest BCUT2D eigenvalue weighted by molar-refractivity contribution is 0.399. The molecule has 118 valence electrons. The van der Waals surface area contributed by atoms with Crippen LogP contribution >= 0.6 is 0 Å². The number of ether oxygens (including phenoxy) is 1. The lowest BCUT2D eigenvalue weighted by Gasteiger charge is -2.13. The van der Waals surface area contributed by atoms with E-state index in [0.717, 1.165) is 11.3 Å². The highest BCUT2D eigenvalue weighted by Gasteiger charge is 2.17. The van der Waals surface area contributed by atoms with Crippen molar-refractivity contribution in [1.82, 2.24) is 0 Å². The Morgan fingerprint density at radius 2 is 1.78 bits per heavy atom. The van der Waals surface area contributed by atoms with Gasteiger partial charge in [-0.2, -0.15) is 0 Å². The molecule has 5 nitrogen and oxygen atoms in total. The first-order valence-corrected chi connectivity index (χ1v) is 7.19. The maximum Gasteiger partial charge on any atom is 0.235 e. The largest absolute Gasteiger partial charge is 0.490 e. The molecule has 23 heavy (non-hydrogen) atoms. The summed E-state index contributed by atoms with van der Waals surface area (Å²) in [5.74, 6) is 0.598. The zero-order valence-corrected chi connectivity index (χ0v) is 13.3. The van der Waals surface area contributed by atoms with Crippen molar-refractivity contribution in [2.45, 2.75) is 0 Å². The summed E-state index contributed by atoms with van der Waals surface area (Å²) in [5.41, 5.74) is 8.36. The standard InChI is InChI=1S/C18H18N2O3/c1-20(2)13-7-4-11(5-8-13)17-18(22-3)16(21)14-10-12(19)6-9-15(14)23-17/h4-10H,19H2,1-3H3. The van der Waals surface area contributed by atoms with E-state index < -0.39 is 0 Å². The number of fused-ring (bicyclic) bond motifs is 1. The van der Waals surface area contributed by atoms with Crippen LogP contribution < -0.4 is 20.8 Å². The first kappa shape index (κ1) is 15.0. The van der Waals surface area contributed by atoms with Gasteiger partial charge in [0.05, 0.1) is 12.5 Å². The maximum atomic E-state index is 12.6. The summed E-state index contributed by atoms with van der Waals surface area (Å²) in [6.45, 7) is 0. The highest BCUT2D eigenvalue weighted by atomic mass is 16.5. The fraction of sp³-hybridized carbons (Fsp3) is 0.167. The van der Waals surface area contributed by atoms with Crippen molar-refractivity contribution in [1.29, 1.82) is 0 Å². The van der Waals surface area contributed by atoms with Gasteiger partial charge in [-0.15, -0.1) is 0 Å². The molecule has 1 aromatic heterocycles. The quantitative estimate of drug-likeness (QED) is 0.753. The third-order valence-corrected chi connectivity index (χ3v) is 3.72. The summed E-state index contributed by atoms with van der Waals surface area (Å²) in [7, 11) is 5.40. The molecule has 0 aliphatic carbocycles. The molecule has 5 heteroatoms. The third kappa shape index (κ3) is 2.61. The van der Waals surface area contributed by atoms with Crippen LogP contribution in [0.2, 0.25) is 0 Å². The molecule has 0 aliphatic rings. The Bertz CT molecular complexity index is 912. The molecule has 0 atom stereocenters. The van der Waals surface area contributed by atoms with E-state index >= 15 is 0 Å². The minimum absolute atomic E-state index is 0.181. The Kier molecular flexibility index (Phi) is 3.70. The Morgan fingerprint density at radius 3 is 2.39 bits per heavy atom. The van der Waals surface area contributed by atoms with Crippen LogP contribution in [0.1, 0.15) is 0 Å². The van der Waals surface area contributed by atoms with E-state index in [0.29, 0.717) is 22.4 Å². The van der Waals surface area contributed by atoms with E-state index in [1.807, 2.05) is 43.3 Å². The predicted molar refractivity (Wildman–Crippen MR) is 93.2 cm³/mol. The number of nitrogen functional groups attached to an aromatic ring is 1. The number of nitrogens with zero attached hydrogens (tertiary/aromatic N) is 1. The second-order valence-corrected chi connectivity index (χ2v) is 5.49. The van der Waals surface area contributed by atoms with Crippen molar-refractivity contribution < 1.29 is 9.15 Å². The number of benzene rings is 2. The van der Waals surface area contributed by atoms with Gasteiger partial charge in [-0.25, -0.2) is 0 Å². The number of rotatable bonds is 3. The molecule has 0 bridgehead atoms. The molecular weight excluding hydrogens is 292 g/mol. The zero-order chi connectivity index (χ0) is 16.6. The van der Waals surface area contributed by atoms with E-state index in [9.17, 15) is 4.79 Å². The second kappa shape index (κ2) is 5.68. The molecule has 3 aromatic rings. The van der Waals surface area contributed by atoms with Gasteiger partial charge in [0.25, 0.3) is 0 Å². The van der Waals surface area contributed by atoms with Crippen LogP contribution in [0, 0.1) is 0 Å². The summed E-state index contributed by atoms with van der Waals surface area (Å²) in [6.07, 6.45) is 0. The van der Waals surface area contributed by atoms with E-state index in [1.165, 1.54) is 7.11 Å². The molecule has 0 saturated heterocycles. The van der Waals surface area contributed by atoms with Crippen LogP contribution in [0.4, 0.5) is 11.4 Å². The molecule has 0 amide bonds. The second-order valence-electron chi connectivity index (χ2n) is 5.49. The van der Waals surface area contributed by atoms with Crippen molar-refractivity contribution in [2.75, 3.05) is 31.8 Å². The zero-order valence-electron chi connectivity index (χ0n) is 13.3. The third-order valence-electron chi connectivity index (χ3n) is 3.72. The van der Waals surface area contributed by atoms with Gasteiger partial charge in [-0.1, -0.05) is 0 Å². The van der Waals surface area contributed by atoms with Crippen LogP contribution in [0.25, 0.3) is 22.3 Å². The lowest BCUT2D eigenvalue weighted by atomic mass is 10.1. The Hall–Kier alpha value is -2.95. The van der Waals surface area contributed by atoms with Crippen LogP contribution in [0.3, 0.4) is 0 Å². The summed E-state index contributed by atoms with van der Waals surface area (Å²) in [4.78, 5) is 14.6. The number of hydrogen-bond donors (Lipinski definition) is 1. The minimum Gasteiger partial charge on any atom is -0.490 e. The summed E-state index contributed by atoms with van der Waals surface area (Å²) >= 11 is 0. The first-order valence-electron chi connectivity index (χ1n) is 7.19. The van der Waals surface area contributed by atoms with Gasteiger partial charge in [-0.3, -0.25) is 4.79 Å². The van der Waals surface area contributed by atoms with E-state index in [1.54, 1.807) is 18.2 Å². The van der Waals surface area contributed by atoms with Gasteiger partial charge in [0, 0.05) is 31.0 Å². The molecule has 3 rings (SSSR count). The van der Waals surface area contributed by atoms with E-state index in [2.05, 4.69) is 0 Å². The lowest BCUT2D eigenvalue weighted by Crippen LogP contribution is -2.09. The normalized spacial score (nSPS) is 10.7. The molecule has 0 saturated carbocycles. The van der Waals surface area contributed by atoms with Crippen molar-refractivity contribution in [3.05, 3.63) is 52.7 Å². The van der Waals surface area contributed by atoms with Crippen molar-refractivity contribution >= 4 is 22.3 Å². The number of anilines is 2. The molecule has 0 spiro atoms. The molecule has 0 unspecified atom stereocenters. The van der Waals surface area contributed by atoms with Crippen molar-refractivity contribution in [2.24, 2.45) is 0 Å². The molecule has 1 heterocycles. The maximum absolute atomic E-state index is 12.6. The van der Waals surface area contributed by atoms with Gasteiger partial charge in [0.2, 0.25) is 11.2 Å². The molecule has 0 aliphatic heterocycles. The monoisotopic (exact) mass is 310 g/mol. The number of methoxy groups -OCH3 is 1. The van der Waals surface area contributed by atoms with Gasteiger partial charge < -0.3 is 19.8 Å². The topological polar surface area (TPSA) is 68.7 Å². The summed E-state index contributed by atoms with van der Waals surface area (Å²) in [5, 5.41) is 0.413. The van der Waals surface area contributed by atoms with Crippen LogP contribution in [0.15, 0.2) is 51.7 Å². The van der Waals surface area contributed by atoms with E-state index in [4.69, 9.17) is 14.9 Å². The highest BCUT2D eigenvalue weighted by Crippen LogP contribution is 2.32. The SMILES string of the molecule is COc1c(-c2ccc(N(C)C)cc2)oc2ccc(N)cc2c1=O. The molecule has 0 fully saturated rings. The molecule has 0 radical (unpaired) electrons.